The maximum atomic E-state index is 5.62. The molecule has 1 nitrogen and oxygen atoms in total. The molecule has 0 aromatic heterocycles. The van der Waals surface area contributed by atoms with Crippen molar-refractivity contribution in [3.8, 4) is 0 Å². The summed E-state index contributed by atoms with van der Waals surface area (Å²) in [5, 5.41) is 0. The van der Waals surface area contributed by atoms with Gasteiger partial charge in [-0.1, -0.05) is 54.6 Å². The molecule has 0 saturated carbocycles. The van der Waals surface area contributed by atoms with E-state index in [2.05, 4.69) is 36.4 Å². The zero-order valence-electron chi connectivity index (χ0n) is 11.7. The SMILES string of the molecule is CC(N)Cc1ccccc1.c1ccc2c(c1)CCC2. The Morgan fingerprint density at radius 2 is 1.42 bits per heavy atom. The summed E-state index contributed by atoms with van der Waals surface area (Å²) >= 11 is 0. The van der Waals surface area contributed by atoms with Crippen LogP contribution in [-0.4, -0.2) is 6.04 Å². The number of benzene rings is 2. The van der Waals surface area contributed by atoms with Crippen LogP contribution in [0, 0.1) is 0 Å². The Kier molecular flexibility index (Phi) is 5.17. The second-order valence-corrected chi connectivity index (χ2v) is 5.29. The van der Waals surface area contributed by atoms with Crippen molar-refractivity contribution in [3.63, 3.8) is 0 Å². The van der Waals surface area contributed by atoms with Gasteiger partial charge in [0.15, 0.2) is 0 Å². The number of nitrogens with two attached hydrogens (primary N) is 1. The van der Waals surface area contributed by atoms with Crippen LogP contribution in [0.5, 0.6) is 0 Å². The van der Waals surface area contributed by atoms with Crippen LogP contribution in [0.2, 0.25) is 0 Å². The van der Waals surface area contributed by atoms with Crippen molar-refractivity contribution in [2.24, 2.45) is 5.73 Å². The number of rotatable bonds is 2. The van der Waals surface area contributed by atoms with Gasteiger partial charge >= 0.3 is 0 Å². The van der Waals surface area contributed by atoms with Crippen LogP contribution in [0.15, 0.2) is 54.6 Å². The van der Waals surface area contributed by atoms with Gasteiger partial charge in [0.1, 0.15) is 0 Å². The van der Waals surface area contributed by atoms with Crippen LogP contribution in [-0.2, 0) is 19.3 Å². The van der Waals surface area contributed by atoms with Gasteiger partial charge in [-0.25, -0.2) is 0 Å². The lowest BCUT2D eigenvalue weighted by atomic mass is 10.1. The van der Waals surface area contributed by atoms with Gasteiger partial charge in [-0.05, 0) is 49.3 Å². The molecule has 19 heavy (non-hydrogen) atoms. The normalized spacial score (nSPS) is 14.2. The van der Waals surface area contributed by atoms with Crippen LogP contribution in [0.25, 0.3) is 0 Å². The topological polar surface area (TPSA) is 26.0 Å². The maximum absolute atomic E-state index is 5.62. The maximum Gasteiger partial charge on any atom is 0.00509 e. The molecule has 1 aliphatic rings. The molecule has 0 fully saturated rings. The quantitative estimate of drug-likeness (QED) is 0.866. The molecule has 0 spiro atoms. The van der Waals surface area contributed by atoms with E-state index in [1.54, 1.807) is 11.1 Å². The Bertz CT molecular complexity index is 465. The third-order valence-electron chi connectivity index (χ3n) is 3.41. The highest BCUT2D eigenvalue weighted by Crippen LogP contribution is 2.20. The highest BCUT2D eigenvalue weighted by atomic mass is 14.6. The smallest absolute Gasteiger partial charge is 0.00509 e. The van der Waals surface area contributed by atoms with E-state index in [1.807, 2.05) is 25.1 Å². The van der Waals surface area contributed by atoms with Crippen LogP contribution < -0.4 is 5.73 Å². The van der Waals surface area contributed by atoms with E-state index in [0.29, 0.717) is 0 Å². The molecular weight excluding hydrogens is 230 g/mol. The summed E-state index contributed by atoms with van der Waals surface area (Å²) in [6.45, 7) is 2.02. The third kappa shape index (κ3) is 4.53. The Hall–Kier alpha value is -1.60. The Morgan fingerprint density at radius 1 is 0.895 bits per heavy atom. The monoisotopic (exact) mass is 253 g/mol. The first-order valence-electron chi connectivity index (χ1n) is 7.12. The lowest BCUT2D eigenvalue weighted by Crippen LogP contribution is -2.17. The molecule has 1 unspecified atom stereocenters. The fraction of sp³-hybridized carbons (Fsp3) is 0.333. The molecule has 0 saturated heterocycles. The first kappa shape index (κ1) is 13.8. The summed E-state index contributed by atoms with van der Waals surface area (Å²) in [6, 6.07) is 19.3. The van der Waals surface area contributed by atoms with Gasteiger partial charge in [-0.15, -0.1) is 0 Å². The van der Waals surface area contributed by atoms with E-state index in [1.165, 1.54) is 24.8 Å². The minimum absolute atomic E-state index is 0.266. The van der Waals surface area contributed by atoms with Gasteiger partial charge < -0.3 is 5.73 Å². The summed E-state index contributed by atoms with van der Waals surface area (Å²) in [5.41, 5.74) is 10.1. The average molecular weight is 253 g/mol. The molecule has 1 atom stereocenters. The van der Waals surface area contributed by atoms with Crippen LogP contribution in [0.1, 0.15) is 30.0 Å². The summed E-state index contributed by atoms with van der Waals surface area (Å²) in [4.78, 5) is 0. The van der Waals surface area contributed by atoms with E-state index in [-0.39, 0.29) is 6.04 Å². The Morgan fingerprint density at radius 3 is 1.95 bits per heavy atom. The van der Waals surface area contributed by atoms with Crippen molar-refractivity contribution in [2.45, 2.75) is 38.6 Å². The Balaban J connectivity index is 0.000000141. The summed E-state index contributed by atoms with van der Waals surface area (Å²) in [6.07, 6.45) is 4.94. The van der Waals surface area contributed by atoms with E-state index >= 15 is 0 Å². The molecule has 0 aliphatic heterocycles. The zero-order valence-corrected chi connectivity index (χ0v) is 11.7. The molecule has 1 aliphatic carbocycles. The molecule has 0 radical (unpaired) electrons. The molecule has 2 aromatic carbocycles. The number of aryl methyl sites for hydroxylation is 2. The van der Waals surface area contributed by atoms with Gasteiger partial charge in [0, 0.05) is 6.04 Å². The van der Waals surface area contributed by atoms with E-state index in [0.717, 1.165) is 6.42 Å². The van der Waals surface area contributed by atoms with Crippen molar-refractivity contribution in [3.05, 3.63) is 71.3 Å². The third-order valence-corrected chi connectivity index (χ3v) is 3.41. The molecule has 2 aromatic rings. The number of hydrogen-bond donors (Lipinski definition) is 1. The van der Waals surface area contributed by atoms with Crippen LogP contribution in [0.3, 0.4) is 0 Å². The van der Waals surface area contributed by atoms with E-state index in [9.17, 15) is 0 Å². The largest absolute Gasteiger partial charge is 0.328 e. The molecule has 2 N–H and O–H groups in total. The summed E-state index contributed by atoms with van der Waals surface area (Å²) in [5.74, 6) is 0. The van der Waals surface area contributed by atoms with Crippen molar-refractivity contribution in [2.75, 3.05) is 0 Å². The van der Waals surface area contributed by atoms with Gasteiger partial charge in [-0.2, -0.15) is 0 Å². The number of hydrogen-bond acceptors (Lipinski definition) is 1. The summed E-state index contributed by atoms with van der Waals surface area (Å²) in [7, 11) is 0. The van der Waals surface area contributed by atoms with Crippen molar-refractivity contribution in [1.29, 1.82) is 0 Å². The molecule has 0 amide bonds. The minimum Gasteiger partial charge on any atom is -0.328 e. The first-order chi connectivity index (χ1) is 9.25. The molecule has 0 bridgehead atoms. The lowest BCUT2D eigenvalue weighted by molar-refractivity contribution is 0.738. The molecular formula is C18H23N. The Labute approximate surface area is 116 Å². The van der Waals surface area contributed by atoms with Gasteiger partial charge in [0.05, 0.1) is 0 Å². The second-order valence-electron chi connectivity index (χ2n) is 5.29. The van der Waals surface area contributed by atoms with Gasteiger partial charge in [0.2, 0.25) is 0 Å². The number of fused-ring (bicyclic) bond motifs is 1. The van der Waals surface area contributed by atoms with Crippen molar-refractivity contribution >= 4 is 0 Å². The van der Waals surface area contributed by atoms with Crippen molar-refractivity contribution in [1.82, 2.24) is 0 Å². The zero-order chi connectivity index (χ0) is 13.5. The highest BCUT2D eigenvalue weighted by molar-refractivity contribution is 5.30. The molecule has 0 heterocycles. The standard InChI is InChI=1S/C9H13N.C9H10/c1-8(10)7-9-5-3-2-4-6-9;1-2-5-9-7-3-6-8(9)4-1/h2-6,8H,7,10H2,1H3;1-2,4-5H,3,6-7H2. The predicted molar refractivity (Wildman–Crippen MR) is 82.3 cm³/mol. The lowest BCUT2D eigenvalue weighted by Gasteiger charge is -2.02. The fourth-order valence-corrected chi connectivity index (χ4v) is 2.50. The molecule has 1 heteroatoms. The molecule has 3 rings (SSSR count). The predicted octanol–water partition coefficient (Wildman–Crippen LogP) is 3.75. The van der Waals surface area contributed by atoms with E-state index in [4.69, 9.17) is 5.73 Å². The minimum atomic E-state index is 0.266. The highest BCUT2D eigenvalue weighted by Gasteiger charge is 2.07. The van der Waals surface area contributed by atoms with Crippen LogP contribution in [0.4, 0.5) is 0 Å². The second kappa shape index (κ2) is 7.10. The average Bonchev–Trinajstić information content (AvgIpc) is 2.88. The van der Waals surface area contributed by atoms with Gasteiger partial charge in [0.25, 0.3) is 0 Å². The van der Waals surface area contributed by atoms with Crippen LogP contribution >= 0.6 is 0 Å². The van der Waals surface area contributed by atoms with Gasteiger partial charge in [-0.3, -0.25) is 0 Å². The van der Waals surface area contributed by atoms with Crippen molar-refractivity contribution < 1.29 is 0 Å². The fourth-order valence-electron chi connectivity index (χ4n) is 2.50. The summed E-state index contributed by atoms with van der Waals surface area (Å²) < 4.78 is 0. The van der Waals surface area contributed by atoms with E-state index < -0.39 is 0 Å². The first-order valence-corrected chi connectivity index (χ1v) is 7.12. The molecule has 100 valence electrons.